The quantitative estimate of drug-likeness (QED) is 0.494. The summed E-state index contributed by atoms with van der Waals surface area (Å²) in [4.78, 5) is 14.9. The molecular formula is C26H40ClN3O. The number of nitrogens with zero attached hydrogens (tertiary/aromatic N) is 1. The maximum atomic E-state index is 12.8. The van der Waals surface area contributed by atoms with Crippen molar-refractivity contribution in [1.82, 2.24) is 15.5 Å². The van der Waals surface area contributed by atoms with Gasteiger partial charge in [0.05, 0.1) is 6.42 Å². The van der Waals surface area contributed by atoms with Crippen molar-refractivity contribution in [2.75, 3.05) is 39.3 Å². The van der Waals surface area contributed by atoms with Gasteiger partial charge in [0.15, 0.2) is 0 Å². The van der Waals surface area contributed by atoms with Crippen LogP contribution in [-0.4, -0.2) is 50.1 Å². The fourth-order valence-electron chi connectivity index (χ4n) is 4.30. The first-order valence-electron chi connectivity index (χ1n) is 11.8. The minimum atomic E-state index is 0. The summed E-state index contributed by atoms with van der Waals surface area (Å²) in [6, 6.07) is 14.6. The zero-order valence-corrected chi connectivity index (χ0v) is 20.1. The molecule has 0 saturated carbocycles. The van der Waals surface area contributed by atoms with E-state index in [9.17, 15) is 4.79 Å². The highest BCUT2D eigenvalue weighted by atomic mass is 35.5. The minimum Gasteiger partial charge on any atom is -0.342 e. The average Bonchev–Trinajstić information content (AvgIpc) is 2.76. The molecule has 2 N–H and O–H groups in total. The number of piperidine rings is 1. The van der Waals surface area contributed by atoms with E-state index in [0.717, 1.165) is 63.6 Å². The maximum absolute atomic E-state index is 12.8. The van der Waals surface area contributed by atoms with Crippen LogP contribution in [0.4, 0.5) is 0 Å². The summed E-state index contributed by atoms with van der Waals surface area (Å²) in [6.07, 6.45) is 5.21. The molecule has 31 heavy (non-hydrogen) atoms. The summed E-state index contributed by atoms with van der Waals surface area (Å²) < 4.78 is 0. The Balaban J connectivity index is 0.00000341. The smallest absolute Gasteiger partial charge is 0.227 e. The number of unbranched alkanes of at least 4 members (excludes halogenated alkanes) is 1. The van der Waals surface area contributed by atoms with Gasteiger partial charge in [0.1, 0.15) is 0 Å². The van der Waals surface area contributed by atoms with Crippen molar-refractivity contribution in [2.45, 2.75) is 46.0 Å². The topological polar surface area (TPSA) is 44.4 Å². The first kappa shape index (κ1) is 25.6. The molecule has 1 heterocycles. The molecule has 0 atom stereocenters. The number of hydrogen-bond donors (Lipinski definition) is 2. The summed E-state index contributed by atoms with van der Waals surface area (Å²) in [7, 11) is 0. The first-order valence-corrected chi connectivity index (χ1v) is 11.8. The van der Waals surface area contributed by atoms with E-state index in [4.69, 9.17) is 0 Å². The van der Waals surface area contributed by atoms with Gasteiger partial charge in [0.2, 0.25) is 5.91 Å². The summed E-state index contributed by atoms with van der Waals surface area (Å²) in [6.45, 7) is 10.7. The number of carbonyl (C=O) groups excluding carboxylic acids is 1. The van der Waals surface area contributed by atoms with Gasteiger partial charge in [-0.1, -0.05) is 56.3 Å². The van der Waals surface area contributed by atoms with Gasteiger partial charge in [0.25, 0.3) is 0 Å². The lowest BCUT2D eigenvalue weighted by molar-refractivity contribution is -0.131. The summed E-state index contributed by atoms with van der Waals surface area (Å²) in [5, 5.41) is 9.54. The van der Waals surface area contributed by atoms with Gasteiger partial charge in [0, 0.05) is 13.1 Å². The molecule has 1 saturated heterocycles. The molecule has 0 aliphatic carbocycles. The van der Waals surface area contributed by atoms with Crippen LogP contribution >= 0.6 is 12.4 Å². The SMILES string of the molecule is CC(C)CNCCCCNCC1CCN(C(=O)Cc2cccc3ccccc23)CC1.Cl. The van der Waals surface area contributed by atoms with E-state index in [-0.39, 0.29) is 18.3 Å². The van der Waals surface area contributed by atoms with Crippen LogP contribution in [0.2, 0.25) is 0 Å². The predicted octanol–water partition coefficient (Wildman–Crippen LogP) is 4.66. The Labute approximate surface area is 194 Å². The van der Waals surface area contributed by atoms with Crippen molar-refractivity contribution in [3.05, 3.63) is 48.0 Å². The molecule has 3 rings (SSSR count). The van der Waals surface area contributed by atoms with Gasteiger partial charge in [-0.25, -0.2) is 0 Å². The molecule has 0 bridgehead atoms. The van der Waals surface area contributed by atoms with Gasteiger partial charge >= 0.3 is 0 Å². The first-order chi connectivity index (χ1) is 14.6. The van der Waals surface area contributed by atoms with Crippen LogP contribution in [0.25, 0.3) is 10.8 Å². The predicted molar refractivity (Wildman–Crippen MR) is 134 cm³/mol. The minimum absolute atomic E-state index is 0. The number of amides is 1. The molecule has 0 spiro atoms. The number of likely N-dealkylation sites (tertiary alicyclic amines) is 1. The van der Waals surface area contributed by atoms with Gasteiger partial charge in [-0.15, -0.1) is 12.4 Å². The van der Waals surface area contributed by atoms with Gasteiger partial charge in [-0.3, -0.25) is 4.79 Å². The third kappa shape index (κ3) is 8.44. The molecule has 2 aromatic carbocycles. The molecule has 4 nitrogen and oxygen atoms in total. The monoisotopic (exact) mass is 445 g/mol. The van der Waals surface area contributed by atoms with Crippen LogP contribution < -0.4 is 10.6 Å². The third-order valence-electron chi connectivity index (χ3n) is 6.13. The van der Waals surface area contributed by atoms with Crippen molar-refractivity contribution in [1.29, 1.82) is 0 Å². The second-order valence-electron chi connectivity index (χ2n) is 9.15. The highest BCUT2D eigenvalue weighted by Crippen LogP contribution is 2.21. The van der Waals surface area contributed by atoms with E-state index in [1.807, 2.05) is 0 Å². The molecule has 1 aliphatic rings. The molecule has 1 fully saturated rings. The Morgan fingerprint density at radius 1 is 1.00 bits per heavy atom. The number of hydrogen-bond acceptors (Lipinski definition) is 3. The maximum Gasteiger partial charge on any atom is 0.227 e. The molecule has 172 valence electrons. The molecule has 1 amide bonds. The van der Waals surface area contributed by atoms with E-state index in [2.05, 4.69) is 71.8 Å². The number of rotatable bonds is 11. The van der Waals surface area contributed by atoms with E-state index >= 15 is 0 Å². The standard InChI is InChI=1S/C26H39N3O.ClH/c1-21(2)19-27-14-5-6-15-28-20-22-12-16-29(17-13-22)26(30)18-24-10-7-9-23-8-3-4-11-25(23)24;/h3-4,7-11,21-22,27-28H,5-6,12-20H2,1-2H3;1H. The van der Waals surface area contributed by atoms with Gasteiger partial charge in [-0.2, -0.15) is 0 Å². The summed E-state index contributed by atoms with van der Waals surface area (Å²) in [5.41, 5.74) is 1.14. The van der Waals surface area contributed by atoms with Crippen molar-refractivity contribution >= 4 is 29.1 Å². The number of nitrogens with one attached hydrogen (secondary N) is 2. The normalized spacial score (nSPS) is 14.7. The highest BCUT2D eigenvalue weighted by Gasteiger charge is 2.22. The Morgan fingerprint density at radius 3 is 2.42 bits per heavy atom. The van der Waals surface area contributed by atoms with Crippen molar-refractivity contribution in [3.63, 3.8) is 0 Å². The van der Waals surface area contributed by atoms with Crippen LogP contribution in [0, 0.1) is 11.8 Å². The largest absolute Gasteiger partial charge is 0.342 e. The van der Waals surface area contributed by atoms with Crippen LogP contribution in [0.3, 0.4) is 0 Å². The van der Waals surface area contributed by atoms with E-state index in [1.165, 1.54) is 23.6 Å². The molecule has 5 heteroatoms. The molecule has 0 radical (unpaired) electrons. The van der Waals surface area contributed by atoms with Crippen LogP contribution in [0.15, 0.2) is 42.5 Å². The molecular weight excluding hydrogens is 406 g/mol. The van der Waals surface area contributed by atoms with Crippen LogP contribution in [0.5, 0.6) is 0 Å². The highest BCUT2D eigenvalue weighted by molar-refractivity contribution is 5.90. The molecule has 0 unspecified atom stereocenters. The average molecular weight is 446 g/mol. The Bertz CT molecular complexity index is 782. The molecule has 0 aromatic heterocycles. The second kappa shape index (κ2) is 13.7. The Morgan fingerprint density at radius 2 is 1.68 bits per heavy atom. The Kier molecular flexibility index (Phi) is 11.3. The number of halogens is 1. The number of benzene rings is 2. The second-order valence-corrected chi connectivity index (χ2v) is 9.15. The fraction of sp³-hybridized carbons (Fsp3) is 0.577. The Hall–Kier alpha value is -1.62. The van der Waals surface area contributed by atoms with Gasteiger partial charge in [-0.05, 0) is 80.0 Å². The lowest BCUT2D eigenvalue weighted by atomic mass is 9.95. The van der Waals surface area contributed by atoms with Crippen LogP contribution in [0.1, 0.15) is 45.1 Å². The lowest BCUT2D eigenvalue weighted by Gasteiger charge is -2.32. The van der Waals surface area contributed by atoms with Crippen molar-refractivity contribution in [2.24, 2.45) is 11.8 Å². The summed E-state index contributed by atoms with van der Waals surface area (Å²) in [5.74, 6) is 1.70. The van der Waals surface area contributed by atoms with E-state index < -0.39 is 0 Å². The third-order valence-corrected chi connectivity index (χ3v) is 6.13. The van der Waals surface area contributed by atoms with Crippen molar-refractivity contribution < 1.29 is 4.79 Å². The van der Waals surface area contributed by atoms with Gasteiger partial charge < -0.3 is 15.5 Å². The van der Waals surface area contributed by atoms with E-state index in [1.54, 1.807) is 0 Å². The lowest BCUT2D eigenvalue weighted by Crippen LogP contribution is -2.41. The van der Waals surface area contributed by atoms with E-state index in [0.29, 0.717) is 12.3 Å². The molecule has 2 aromatic rings. The number of carbonyl (C=O) groups is 1. The molecule has 1 aliphatic heterocycles. The van der Waals surface area contributed by atoms with Crippen molar-refractivity contribution in [3.8, 4) is 0 Å². The van der Waals surface area contributed by atoms with Crippen LogP contribution in [-0.2, 0) is 11.2 Å². The number of fused-ring (bicyclic) bond motifs is 1. The fourth-order valence-corrected chi connectivity index (χ4v) is 4.30. The summed E-state index contributed by atoms with van der Waals surface area (Å²) >= 11 is 0. The zero-order valence-electron chi connectivity index (χ0n) is 19.2. The zero-order chi connectivity index (χ0) is 21.2.